The molecule has 60 valence electrons. The number of azide groups is 1. The number of aromatic nitrogens is 1. The van der Waals surface area contributed by atoms with E-state index in [1.54, 1.807) is 0 Å². The molecule has 0 aliphatic carbocycles. The summed E-state index contributed by atoms with van der Waals surface area (Å²) in [6, 6.07) is 1.27. The van der Waals surface area contributed by atoms with Crippen LogP contribution in [0, 0.1) is 0 Å². The predicted molar refractivity (Wildman–Crippen MR) is 40.0 cm³/mol. The van der Waals surface area contributed by atoms with E-state index in [4.69, 9.17) is 10.6 Å². The summed E-state index contributed by atoms with van der Waals surface area (Å²) in [7, 11) is 0. The van der Waals surface area contributed by atoms with Crippen LogP contribution in [0.5, 0.6) is 0 Å². The minimum atomic E-state index is -1.14. The first-order chi connectivity index (χ1) is 5.75. The summed E-state index contributed by atoms with van der Waals surface area (Å²) in [5.41, 5.74) is 8.03. The maximum atomic E-state index is 10.5. The van der Waals surface area contributed by atoms with E-state index in [1.807, 2.05) is 0 Å². The van der Waals surface area contributed by atoms with Gasteiger partial charge in [0.05, 0.1) is 11.3 Å². The zero-order valence-electron chi connectivity index (χ0n) is 5.88. The summed E-state index contributed by atoms with van der Waals surface area (Å²) in [6.45, 7) is 0. The molecule has 0 radical (unpaired) electrons. The van der Waals surface area contributed by atoms with Gasteiger partial charge < -0.3 is 5.11 Å². The molecule has 0 fully saturated rings. The largest absolute Gasteiger partial charge is 0.478 e. The maximum absolute atomic E-state index is 10.5. The molecule has 6 heteroatoms. The van der Waals surface area contributed by atoms with Crippen molar-refractivity contribution < 1.29 is 9.90 Å². The lowest BCUT2D eigenvalue weighted by Crippen LogP contribution is -1.96. The molecule has 0 unspecified atom stereocenters. The molecule has 1 rings (SSSR count). The summed E-state index contributed by atoms with van der Waals surface area (Å²) in [6.07, 6.45) is 2.52. The third-order valence-corrected chi connectivity index (χ3v) is 1.18. The number of rotatable bonds is 2. The van der Waals surface area contributed by atoms with Gasteiger partial charge in [0.1, 0.15) is 0 Å². The minimum Gasteiger partial charge on any atom is -0.478 e. The zero-order valence-corrected chi connectivity index (χ0v) is 5.88. The Labute approximate surface area is 67.1 Å². The minimum absolute atomic E-state index is 0.0208. The van der Waals surface area contributed by atoms with Crippen molar-refractivity contribution in [2.75, 3.05) is 0 Å². The van der Waals surface area contributed by atoms with E-state index in [9.17, 15) is 4.79 Å². The fourth-order valence-corrected chi connectivity index (χ4v) is 0.695. The molecule has 0 spiro atoms. The summed E-state index contributed by atoms with van der Waals surface area (Å²) in [4.78, 5) is 16.6. The average molecular weight is 164 g/mol. The van der Waals surface area contributed by atoms with E-state index in [0.29, 0.717) is 0 Å². The van der Waals surface area contributed by atoms with Crippen LogP contribution in [-0.4, -0.2) is 16.1 Å². The van der Waals surface area contributed by atoms with Crippen molar-refractivity contribution in [2.24, 2.45) is 5.11 Å². The molecule has 0 aliphatic rings. The molecule has 0 aromatic carbocycles. The van der Waals surface area contributed by atoms with Crippen molar-refractivity contribution in [3.8, 4) is 0 Å². The second-order valence-electron chi connectivity index (χ2n) is 1.89. The van der Waals surface area contributed by atoms with Gasteiger partial charge in [-0.05, 0) is 11.6 Å². The van der Waals surface area contributed by atoms with Crippen molar-refractivity contribution >= 4 is 11.7 Å². The van der Waals surface area contributed by atoms with Crippen LogP contribution in [0.4, 0.5) is 5.69 Å². The van der Waals surface area contributed by atoms with E-state index < -0.39 is 5.97 Å². The van der Waals surface area contributed by atoms with Gasteiger partial charge in [0, 0.05) is 17.3 Å². The number of nitrogens with zero attached hydrogens (tertiary/aromatic N) is 4. The molecule has 6 nitrogen and oxygen atoms in total. The number of hydrogen-bond donors (Lipinski definition) is 1. The Morgan fingerprint density at radius 2 is 2.50 bits per heavy atom. The van der Waals surface area contributed by atoms with Crippen molar-refractivity contribution in [1.82, 2.24) is 4.98 Å². The van der Waals surface area contributed by atoms with Gasteiger partial charge in [-0.3, -0.25) is 4.98 Å². The SMILES string of the molecule is [N-]=[N+]=Nc1cnccc1C(=O)O. The number of carboxylic acid groups (broad SMARTS) is 1. The lowest BCUT2D eigenvalue weighted by atomic mass is 10.2. The van der Waals surface area contributed by atoms with Crippen molar-refractivity contribution in [3.63, 3.8) is 0 Å². The van der Waals surface area contributed by atoms with E-state index in [-0.39, 0.29) is 11.3 Å². The molecule has 0 atom stereocenters. The first-order valence-corrected chi connectivity index (χ1v) is 2.98. The number of carboxylic acids is 1. The standard InChI is InChI=1S/C6H4N4O2/c7-10-9-5-3-8-2-1-4(5)6(11)12/h1-3H,(H,11,12). The molecule has 1 heterocycles. The quantitative estimate of drug-likeness (QED) is 0.409. The molecular weight excluding hydrogens is 160 g/mol. The molecule has 1 N–H and O–H groups in total. The first-order valence-electron chi connectivity index (χ1n) is 2.98. The van der Waals surface area contributed by atoms with Gasteiger partial charge >= 0.3 is 5.97 Å². The lowest BCUT2D eigenvalue weighted by molar-refractivity contribution is 0.0697. The van der Waals surface area contributed by atoms with Gasteiger partial charge in [0.2, 0.25) is 0 Å². The molecule has 0 bridgehead atoms. The Morgan fingerprint density at radius 3 is 3.08 bits per heavy atom. The van der Waals surface area contributed by atoms with Gasteiger partial charge in [-0.25, -0.2) is 4.79 Å². The monoisotopic (exact) mass is 164 g/mol. The lowest BCUT2D eigenvalue weighted by Gasteiger charge is -1.95. The van der Waals surface area contributed by atoms with Crippen LogP contribution in [0.3, 0.4) is 0 Å². The maximum Gasteiger partial charge on any atom is 0.336 e. The highest BCUT2D eigenvalue weighted by atomic mass is 16.4. The highest BCUT2D eigenvalue weighted by Gasteiger charge is 2.06. The summed E-state index contributed by atoms with van der Waals surface area (Å²) >= 11 is 0. The van der Waals surface area contributed by atoms with Crippen molar-refractivity contribution in [3.05, 3.63) is 34.5 Å². The van der Waals surface area contributed by atoms with Crippen LogP contribution in [0.15, 0.2) is 23.6 Å². The fraction of sp³-hybridized carbons (Fsp3) is 0. The average Bonchev–Trinajstić information content (AvgIpc) is 2.05. The number of hydrogen-bond acceptors (Lipinski definition) is 3. The molecule has 0 saturated heterocycles. The van der Waals surface area contributed by atoms with Crippen LogP contribution >= 0.6 is 0 Å². The highest BCUT2D eigenvalue weighted by Crippen LogP contribution is 2.16. The van der Waals surface area contributed by atoms with Gasteiger partial charge in [-0.15, -0.1) is 0 Å². The van der Waals surface area contributed by atoms with Gasteiger partial charge in [-0.1, -0.05) is 5.11 Å². The van der Waals surface area contributed by atoms with E-state index in [1.165, 1.54) is 18.5 Å². The number of carbonyl (C=O) groups is 1. The Kier molecular flexibility index (Phi) is 2.25. The van der Waals surface area contributed by atoms with Gasteiger partial charge in [-0.2, -0.15) is 0 Å². The normalized spacial score (nSPS) is 8.67. The first kappa shape index (κ1) is 8.03. The Balaban J connectivity index is 3.26. The van der Waals surface area contributed by atoms with E-state index in [0.717, 1.165) is 0 Å². The molecule has 12 heavy (non-hydrogen) atoms. The highest BCUT2D eigenvalue weighted by molar-refractivity contribution is 5.92. The summed E-state index contributed by atoms with van der Waals surface area (Å²) in [5, 5.41) is 11.7. The predicted octanol–water partition coefficient (Wildman–Crippen LogP) is 1.72. The Bertz CT molecular complexity index is 335. The van der Waals surface area contributed by atoms with Crippen LogP contribution in [-0.2, 0) is 0 Å². The van der Waals surface area contributed by atoms with Gasteiger partial charge in [0.25, 0.3) is 0 Å². The molecule has 0 aliphatic heterocycles. The van der Waals surface area contributed by atoms with Crippen LogP contribution < -0.4 is 0 Å². The Hall–Kier alpha value is -2.07. The molecular formula is C6H4N4O2. The second kappa shape index (κ2) is 3.36. The third-order valence-electron chi connectivity index (χ3n) is 1.18. The smallest absolute Gasteiger partial charge is 0.336 e. The number of aromatic carboxylic acids is 1. The molecule has 1 aromatic heterocycles. The van der Waals surface area contributed by atoms with Crippen LogP contribution in [0.2, 0.25) is 0 Å². The Morgan fingerprint density at radius 1 is 1.75 bits per heavy atom. The molecule has 0 amide bonds. The fourth-order valence-electron chi connectivity index (χ4n) is 0.695. The topological polar surface area (TPSA) is 99.0 Å². The molecule has 0 saturated carbocycles. The van der Waals surface area contributed by atoms with Gasteiger partial charge in [0.15, 0.2) is 0 Å². The zero-order chi connectivity index (χ0) is 8.97. The summed E-state index contributed by atoms with van der Waals surface area (Å²) in [5.74, 6) is -1.14. The number of pyridine rings is 1. The van der Waals surface area contributed by atoms with Crippen LogP contribution in [0.25, 0.3) is 10.4 Å². The third kappa shape index (κ3) is 1.50. The van der Waals surface area contributed by atoms with E-state index in [2.05, 4.69) is 15.0 Å². The molecule has 1 aromatic rings. The second-order valence-corrected chi connectivity index (χ2v) is 1.89. The van der Waals surface area contributed by atoms with Crippen molar-refractivity contribution in [1.29, 1.82) is 0 Å². The summed E-state index contributed by atoms with van der Waals surface area (Å²) < 4.78 is 0. The van der Waals surface area contributed by atoms with Crippen LogP contribution in [0.1, 0.15) is 10.4 Å². The van der Waals surface area contributed by atoms with E-state index >= 15 is 0 Å². The van der Waals surface area contributed by atoms with Crippen molar-refractivity contribution in [2.45, 2.75) is 0 Å².